The van der Waals surface area contributed by atoms with Gasteiger partial charge in [-0.25, -0.2) is 4.39 Å². The molecule has 21 heavy (non-hydrogen) atoms. The largest absolute Gasteiger partial charge is 0.484 e. The second-order valence-electron chi connectivity index (χ2n) is 4.45. The van der Waals surface area contributed by atoms with Crippen molar-refractivity contribution in [2.45, 2.75) is 6.92 Å². The highest BCUT2D eigenvalue weighted by Crippen LogP contribution is 2.19. The minimum Gasteiger partial charge on any atom is -0.484 e. The number of amides is 1. The molecule has 2 N–H and O–H groups in total. The van der Waals surface area contributed by atoms with Crippen molar-refractivity contribution in [1.82, 2.24) is 0 Å². The molecule has 2 aromatic rings. The molecule has 0 heterocycles. The lowest BCUT2D eigenvalue weighted by Gasteiger charge is -2.21. The second kappa shape index (κ2) is 6.74. The molecule has 0 saturated carbocycles. The van der Waals surface area contributed by atoms with E-state index in [2.05, 4.69) is 0 Å². The summed E-state index contributed by atoms with van der Waals surface area (Å²) in [6.45, 7) is 1.97. The molecule has 1 amide bonds. The third-order valence-corrected chi connectivity index (χ3v) is 2.98. The Morgan fingerprint density at radius 2 is 2.00 bits per heavy atom. The Bertz CT molecular complexity index is 631. The van der Waals surface area contributed by atoms with Gasteiger partial charge < -0.3 is 15.4 Å². The van der Waals surface area contributed by atoms with E-state index in [1.807, 2.05) is 0 Å². The molecule has 2 rings (SSSR count). The Hall–Kier alpha value is -2.56. The number of halogens is 1. The fourth-order valence-electron chi connectivity index (χ4n) is 1.98. The lowest BCUT2D eigenvalue weighted by molar-refractivity contribution is -0.120. The minimum absolute atomic E-state index is 0.175. The van der Waals surface area contributed by atoms with Crippen LogP contribution in [0.1, 0.15) is 6.92 Å². The smallest absolute Gasteiger partial charge is 0.264 e. The molecular formula is C16H17FN2O2. The molecule has 110 valence electrons. The number of carbonyl (C=O) groups is 1. The van der Waals surface area contributed by atoms with E-state index in [9.17, 15) is 9.18 Å². The number of hydrogen-bond donors (Lipinski definition) is 1. The Morgan fingerprint density at radius 3 is 2.67 bits per heavy atom. The van der Waals surface area contributed by atoms with Crippen LogP contribution in [0.3, 0.4) is 0 Å². The number of nitrogens with two attached hydrogens (primary N) is 1. The van der Waals surface area contributed by atoms with Crippen molar-refractivity contribution in [3.63, 3.8) is 0 Å². The molecule has 0 radical (unpaired) electrons. The first kappa shape index (κ1) is 14.8. The van der Waals surface area contributed by atoms with E-state index in [0.29, 0.717) is 18.0 Å². The zero-order valence-corrected chi connectivity index (χ0v) is 11.8. The van der Waals surface area contributed by atoms with Crippen molar-refractivity contribution in [2.75, 3.05) is 23.8 Å². The minimum atomic E-state index is -0.434. The Kier molecular flexibility index (Phi) is 4.77. The highest BCUT2D eigenvalue weighted by Gasteiger charge is 2.17. The van der Waals surface area contributed by atoms with Gasteiger partial charge in [-0.1, -0.05) is 18.2 Å². The number of ether oxygens (including phenoxy) is 1. The molecule has 0 aliphatic heterocycles. The van der Waals surface area contributed by atoms with Gasteiger partial charge in [0.2, 0.25) is 0 Å². The molecule has 0 aliphatic rings. The molecule has 0 saturated heterocycles. The van der Waals surface area contributed by atoms with E-state index in [-0.39, 0.29) is 18.2 Å². The molecule has 0 bridgehead atoms. The quantitative estimate of drug-likeness (QED) is 0.861. The average molecular weight is 288 g/mol. The number of nitrogen functional groups attached to an aromatic ring is 1. The van der Waals surface area contributed by atoms with Crippen LogP contribution >= 0.6 is 0 Å². The van der Waals surface area contributed by atoms with Crippen molar-refractivity contribution in [3.05, 3.63) is 54.3 Å². The van der Waals surface area contributed by atoms with Crippen molar-refractivity contribution in [1.29, 1.82) is 0 Å². The predicted molar refractivity (Wildman–Crippen MR) is 80.8 cm³/mol. The van der Waals surface area contributed by atoms with E-state index >= 15 is 0 Å². The van der Waals surface area contributed by atoms with Gasteiger partial charge in [0.05, 0.1) is 5.69 Å². The lowest BCUT2D eigenvalue weighted by Crippen LogP contribution is -2.35. The summed E-state index contributed by atoms with van der Waals surface area (Å²) in [5.41, 5.74) is 6.44. The van der Waals surface area contributed by atoms with E-state index < -0.39 is 5.82 Å². The highest BCUT2D eigenvalue weighted by atomic mass is 19.1. The maximum Gasteiger partial charge on any atom is 0.264 e. The van der Waals surface area contributed by atoms with E-state index in [4.69, 9.17) is 10.5 Å². The molecule has 5 heteroatoms. The maximum atomic E-state index is 13.8. The number of anilines is 2. The number of carbonyl (C=O) groups excluding carboxylic acids is 1. The van der Waals surface area contributed by atoms with Crippen LogP contribution in [0.4, 0.5) is 15.8 Å². The number of rotatable bonds is 5. The zero-order chi connectivity index (χ0) is 15.2. The summed E-state index contributed by atoms with van der Waals surface area (Å²) in [6, 6.07) is 13.0. The van der Waals surface area contributed by atoms with Gasteiger partial charge in [-0.2, -0.15) is 0 Å². The highest BCUT2D eigenvalue weighted by molar-refractivity contribution is 5.94. The lowest BCUT2D eigenvalue weighted by atomic mass is 10.2. The molecule has 0 spiro atoms. The fraction of sp³-hybridized carbons (Fsp3) is 0.188. The monoisotopic (exact) mass is 288 g/mol. The van der Waals surface area contributed by atoms with Gasteiger partial charge in [-0.15, -0.1) is 0 Å². The van der Waals surface area contributed by atoms with Crippen LogP contribution in [0.5, 0.6) is 5.75 Å². The van der Waals surface area contributed by atoms with E-state index in [0.717, 1.165) is 0 Å². The molecule has 0 aliphatic carbocycles. The first-order valence-electron chi connectivity index (χ1n) is 6.65. The van der Waals surface area contributed by atoms with Crippen molar-refractivity contribution in [2.24, 2.45) is 0 Å². The molecule has 0 aromatic heterocycles. The molecule has 2 aromatic carbocycles. The van der Waals surface area contributed by atoms with Gasteiger partial charge in [-0.3, -0.25) is 4.79 Å². The second-order valence-corrected chi connectivity index (χ2v) is 4.45. The normalized spacial score (nSPS) is 10.2. The molecule has 0 atom stereocenters. The Morgan fingerprint density at radius 1 is 1.24 bits per heavy atom. The number of hydrogen-bond acceptors (Lipinski definition) is 3. The first-order chi connectivity index (χ1) is 10.1. The first-order valence-corrected chi connectivity index (χ1v) is 6.65. The van der Waals surface area contributed by atoms with Gasteiger partial charge in [0, 0.05) is 18.3 Å². The fourth-order valence-corrected chi connectivity index (χ4v) is 1.98. The van der Waals surface area contributed by atoms with Gasteiger partial charge in [0.1, 0.15) is 11.6 Å². The Balaban J connectivity index is 2.06. The molecular weight excluding hydrogens is 271 g/mol. The summed E-state index contributed by atoms with van der Waals surface area (Å²) in [7, 11) is 0. The van der Waals surface area contributed by atoms with Crippen LogP contribution in [0.2, 0.25) is 0 Å². The molecule has 4 nitrogen and oxygen atoms in total. The van der Waals surface area contributed by atoms with Crippen LogP contribution in [0.25, 0.3) is 0 Å². The topological polar surface area (TPSA) is 55.6 Å². The zero-order valence-electron chi connectivity index (χ0n) is 11.8. The van der Waals surface area contributed by atoms with Crippen molar-refractivity contribution in [3.8, 4) is 5.75 Å². The van der Waals surface area contributed by atoms with E-state index in [1.54, 1.807) is 49.4 Å². The van der Waals surface area contributed by atoms with Crippen LogP contribution in [-0.2, 0) is 4.79 Å². The predicted octanol–water partition coefficient (Wildman–Crippen LogP) is 2.84. The van der Waals surface area contributed by atoms with Crippen LogP contribution < -0.4 is 15.4 Å². The van der Waals surface area contributed by atoms with Gasteiger partial charge >= 0.3 is 0 Å². The molecule has 0 unspecified atom stereocenters. The number of likely N-dealkylation sites (N-methyl/N-ethyl adjacent to an activating group) is 1. The third-order valence-electron chi connectivity index (χ3n) is 2.98. The molecule has 0 fully saturated rings. The third kappa shape index (κ3) is 3.72. The van der Waals surface area contributed by atoms with Crippen molar-refractivity contribution < 1.29 is 13.9 Å². The summed E-state index contributed by atoms with van der Waals surface area (Å²) < 4.78 is 19.2. The van der Waals surface area contributed by atoms with Gasteiger partial charge in [-0.05, 0) is 31.2 Å². The maximum absolute atomic E-state index is 13.8. The summed E-state index contributed by atoms with van der Waals surface area (Å²) >= 11 is 0. The number of nitrogens with zero attached hydrogens (tertiary/aromatic N) is 1. The summed E-state index contributed by atoms with van der Waals surface area (Å²) in [6.07, 6.45) is 0. The number of para-hydroxylation sites is 1. The Labute approximate surface area is 122 Å². The van der Waals surface area contributed by atoms with Crippen LogP contribution in [0, 0.1) is 5.82 Å². The standard InChI is InChI=1S/C16H17FN2O2/c1-2-19(15-9-4-3-8-14(15)17)16(20)11-21-13-7-5-6-12(18)10-13/h3-10H,2,11,18H2,1H3. The summed E-state index contributed by atoms with van der Waals surface area (Å²) in [5, 5.41) is 0. The van der Waals surface area contributed by atoms with Crippen LogP contribution in [-0.4, -0.2) is 19.1 Å². The average Bonchev–Trinajstić information content (AvgIpc) is 2.48. The van der Waals surface area contributed by atoms with E-state index in [1.165, 1.54) is 11.0 Å². The van der Waals surface area contributed by atoms with Gasteiger partial charge in [0.15, 0.2) is 6.61 Å². The number of benzene rings is 2. The SMILES string of the molecule is CCN(C(=O)COc1cccc(N)c1)c1ccccc1F. The van der Waals surface area contributed by atoms with Crippen molar-refractivity contribution >= 4 is 17.3 Å². The summed E-state index contributed by atoms with van der Waals surface area (Å²) in [5.74, 6) is -0.241. The van der Waals surface area contributed by atoms with Crippen LogP contribution in [0.15, 0.2) is 48.5 Å². The summed E-state index contributed by atoms with van der Waals surface area (Å²) in [4.78, 5) is 13.5. The van der Waals surface area contributed by atoms with Gasteiger partial charge in [0.25, 0.3) is 5.91 Å².